The number of nitrogens with one attached hydrogen (secondary N) is 1. The number of sulfone groups is 1. The maximum Gasteiger partial charge on any atom is 0.251 e. The number of carbonyl (C=O) groups excluding carboxylic acids is 1. The topological polar surface area (TPSA) is 124 Å². The third kappa shape index (κ3) is 4.54. The normalized spacial score (nSPS) is 16.2. The Labute approximate surface area is 219 Å². The van der Waals surface area contributed by atoms with E-state index in [1.54, 1.807) is 24.5 Å². The Morgan fingerprint density at radius 2 is 2.00 bits per heavy atom. The molecule has 0 spiro atoms. The van der Waals surface area contributed by atoms with Crippen LogP contribution in [-0.2, 0) is 27.7 Å². The molecule has 2 aliphatic rings. The fraction of sp³-hybridized carbons (Fsp3) is 0.259. The van der Waals surface area contributed by atoms with Crippen molar-refractivity contribution in [3.63, 3.8) is 0 Å². The van der Waals surface area contributed by atoms with Crippen molar-refractivity contribution in [2.75, 3.05) is 37.5 Å². The van der Waals surface area contributed by atoms with Crippen LogP contribution < -0.4 is 15.0 Å². The van der Waals surface area contributed by atoms with Crippen LogP contribution in [0.5, 0.6) is 5.75 Å². The first-order valence-corrected chi connectivity index (χ1v) is 13.8. The van der Waals surface area contributed by atoms with Gasteiger partial charge < -0.3 is 19.7 Å². The van der Waals surface area contributed by atoms with Crippen molar-refractivity contribution >= 4 is 32.5 Å². The van der Waals surface area contributed by atoms with E-state index in [-0.39, 0.29) is 41.9 Å². The lowest BCUT2D eigenvalue weighted by Gasteiger charge is -2.27. The second kappa shape index (κ2) is 9.66. The van der Waals surface area contributed by atoms with E-state index in [0.29, 0.717) is 23.6 Å². The number of ether oxygens (including phenoxy) is 2. The minimum atomic E-state index is -3.50. The molecule has 11 heteroatoms. The van der Waals surface area contributed by atoms with Gasteiger partial charge in [0, 0.05) is 36.0 Å². The molecule has 1 amide bonds. The Kier molecular flexibility index (Phi) is 6.16. The summed E-state index contributed by atoms with van der Waals surface area (Å²) in [4.78, 5) is 28.8. The highest BCUT2D eigenvalue weighted by atomic mass is 32.2. The second-order valence-corrected chi connectivity index (χ2v) is 11.3. The first-order valence-electron chi connectivity index (χ1n) is 12.2. The van der Waals surface area contributed by atoms with Gasteiger partial charge in [-0.1, -0.05) is 6.07 Å². The molecule has 0 unspecified atom stereocenters. The van der Waals surface area contributed by atoms with E-state index < -0.39 is 9.84 Å². The predicted molar refractivity (Wildman–Crippen MR) is 141 cm³/mol. The summed E-state index contributed by atoms with van der Waals surface area (Å²) in [5, 5.41) is 3.70. The Morgan fingerprint density at radius 1 is 1.11 bits per heavy atom. The molecule has 0 bridgehead atoms. The Hall–Kier alpha value is -4.09. The van der Waals surface area contributed by atoms with Crippen molar-refractivity contribution in [2.45, 2.75) is 18.0 Å². The quantitative estimate of drug-likeness (QED) is 0.423. The molecule has 6 rings (SSSR count). The zero-order chi connectivity index (χ0) is 26.3. The second-order valence-electron chi connectivity index (χ2n) is 9.22. The van der Waals surface area contributed by atoms with Crippen molar-refractivity contribution < 1.29 is 22.7 Å². The minimum Gasteiger partial charge on any atom is -0.487 e. The average molecular weight is 532 g/mol. The fourth-order valence-corrected chi connectivity index (χ4v) is 5.98. The molecule has 1 N–H and O–H groups in total. The summed E-state index contributed by atoms with van der Waals surface area (Å²) in [6, 6.07) is 12.3. The molecule has 0 radical (unpaired) electrons. The first-order chi connectivity index (χ1) is 18.4. The number of hydrogen-bond donors (Lipinski definition) is 1. The summed E-state index contributed by atoms with van der Waals surface area (Å²) in [6.45, 7) is 1.85. The van der Waals surface area contributed by atoms with Crippen LogP contribution in [0.1, 0.15) is 21.6 Å². The van der Waals surface area contributed by atoms with Crippen molar-refractivity contribution in [2.24, 2.45) is 0 Å². The van der Waals surface area contributed by atoms with Gasteiger partial charge in [0.25, 0.3) is 5.91 Å². The number of carbonyl (C=O) groups is 1. The van der Waals surface area contributed by atoms with Gasteiger partial charge in [0.1, 0.15) is 6.61 Å². The number of anilines is 1. The number of rotatable bonds is 4. The zero-order valence-corrected chi connectivity index (χ0v) is 21.5. The number of likely N-dealkylation sites (N-methyl/N-ethyl adjacent to an activating group) is 1. The lowest BCUT2D eigenvalue weighted by atomic mass is 10.1. The molecule has 0 fully saturated rings. The molecular formula is C27H25N5O5S. The summed E-state index contributed by atoms with van der Waals surface area (Å²) < 4.78 is 36.4. The molecule has 0 saturated carbocycles. The van der Waals surface area contributed by atoms with E-state index in [2.05, 4.69) is 20.2 Å². The van der Waals surface area contributed by atoms with Gasteiger partial charge >= 0.3 is 0 Å². The van der Waals surface area contributed by atoms with Crippen LogP contribution in [0.4, 0.5) is 5.82 Å². The third-order valence-corrected chi connectivity index (χ3v) is 8.43. The summed E-state index contributed by atoms with van der Waals surface area (Å²) in [7, 11) is -1.52. The largest absolute Gasteiger partial charge is 0.487 e. The molecule has 1 aromatic carbocycles. The SMILES string of the molecule is CN1CCOc2c(-c3ccc4cnc(CNC(=O)c5ccc6c(c5)S(=O)(=O)CCOC6)cc4n3)ccnc21. The number of hydrogen-bond acceptors (Lipinski definition) is 9. The van der Waals surface area contributed by atoms with Gasteiger partial charge in [-0.15, -0.1) is 0 Å². The number of benzene rings is 1. The van der Waals surface area contributed by atoms with E-state index in [9.17, 15) is 13.2 Å². The Bertz CT molecular complexity index is 1670. The summed E-state index contributed by atoms with van der Waals surface area (Å²) in [5.74, 6) is 1.00. The Morgan fingerprint density at radius 3 is 2.89 bits per heavy atom. The molecule has 10 nitrogen and oxygen atoms in total. The number of nitrogens with zero attached hydrogens (tertiary/aromatic N) is 4. The number of aromatic nitrogens is 3. The van der Waals surface area contributed by atoms with Crippen molar-refractivity contribution in [1.29, 1.82) is 0 Å². The lowest BCUT2D eigenvalue weighted by Crippen LogP contribution is -2.29. The molecule has 2 aliphatic heterocycles. The van der Waals surface area contributed by atoms with E-state index in [1.165, 1.54) is 6.07 Å². The highest BCUT2D eigenvalue weighted by molar-refractivity contribution is 7.91. The predicted octanol–water partition coefficient (Wildman–Crippen LogP) is 2.75. The maximum atomic E-state index is 12.9. The molecule has 38 heavy (non-hydrogen) atoms. The highest BCUT2D eigenvalue weighted by Gasteiger charge is 2.24. The van der Waals surface area contributed by atoms with Gasteiger partial charge in [-0.25, -0.2) is 18.4 Å². The van der Waals surface area contributed by atoms with Gasteiger partial charge in [0.2, 0.25) is 0 Å². The van der Waals surface area contributed by atoms with Crippen LogP contribution in [0.15, 0.2) is 59.8 Å². The monoisotopic (exact) mass is 531 g/mol. The highest BCUT2D eigenvalue weighted by Crippen LogP contribution is 2.38. The van der Waals surface area contributed by atoms with E-state index in [0.717, 1.165) is 34.5 Å². The molecule has 0 aliphatic carbocycles. The van der Waals surface area contributed by atoms with E-state index in [4.69, 9.17) is 14.5 Å². The van der Waals surface area contributed by atoms with Crippen LogP contribution in [0.3, 0.4) is 0 Å². The standard InChI is InChI=1S/C27H25N5O5S/c1-32-8-9-37-25-21(6-7-28-26(25)32)22-5-4-18-14-29-20(13-23(18)31-22)15-30-27(33)17-2-3-19-16-36-10-11-38(34,35)24(19)12-17/h2-7,12-14H,8-11,15-16H2,1H3,(H,30,33). The fourth-order valence-electron chi connectivity index (χ4n) is 4.59. The maximum absolute atomic E-state index is 12.9. The number of pyridine rings is 3. The molecule has 3 aromatic heterocycles. The van der Waals surface area contributed by atoms with Gasteiger partial charge in [0.15, 0.2) is 21.4 Å². The lowest BCUT2D eigenvalue weighted by molar-refractivity contribution is 0.0950. The van der Waals surface area contributed by atoms with E-state index in [1.807, 2.05) is 31.3 Å². The summed E-state index contributed by atoms with van der Waals surface area (Å²) in [6.07, 6.45) is 3.47. The van der Waals surface area contributed by atoms with Gasteiger partial charge in [-0.2, -0.15) is 0 Å². The number of fused-ring (bicyclic) bond motifs is 3. The van der Waals surface area contributed by atoms with Crippen molar-refractivity contribution in [3.8, 4) is 17.0 Å². The summed E-state index contributed by atoms with van der Waals surface area (Å²) >= 11 is 0. The van der Waals surface area contributed by atoms with Crippen LogP contribution in [-0.4, -0.2) is 61.8 Å². The van der Waals surface area contributed by atoms with Gasteiger partial charge in [-0.05, 0) is 42.0 Å². The zero-order valence-electron chi connectivity index (χ0n) is 20.7. The number of amides is 1. The summed E-state index contributed by atoms with van der Waals surface area (Å²) in [5.41, 5.74) is 3.79. The van der Waals surface area contributed by atoms with Crippen molar-refractivity contribution in [1.82, 2.24) is 20.3 Å². The Balaban J connectivity index is 1.24. The smallest absolute Gasteiger partial charge is 0.251 e. The molecule has 5 heterocycles. The molecular weight excluding hydrogens is 506 g/mol. The van der Waals surface area contributed by atoms with Crippen LogP contribution >= 0.6 is 0 Å². The first kappa shape index (κ1) is 24.3. The van der Waals surface area contributed by atoms with Crippen LogP contribution in [0.2, 0.25) is 0 Å². The van der Waals surface area contributed by atoms with Gasteiger partial charge in [-0.3, -0.25) is 9.78 Å². The minimum absolute atomic E-state index is 0.105. The third-order valence-electron chi connectivity index (χ3n) is 6.68. The van der Waals surface area contributed by atoms with Crippen LogP contribution in [0, 0.1) is 0 Å². The van der Waals surface area contributed by atoms with Crippen LogP contribution in [0.25, 0.3) is 22.2 Å². The van der Waals surface area contributed by atoms with E-state index >= 15 is 0 Å². The van der Waals surface area contributed by atoms with Crippen molar-refractivity contribution in [3.05, 3.63) is 71.7 Å². The molecule has 0 saturated heterocycles. The molecule has 0 atom stereocenters. The van der Waals surface area contributed by atoms with Gasteiger partial charge in [0.05, 0.1) is 53.9 Å². The average Bonchev–Trinajstić information content (AvgIpc) is 3.08. The molecule has 194 valence electrons. The molecule has 4 aromatic rings.